The summed E-state index contributed by atoms with van der Waals surface area (Å²) in [6.45, 7) is 0. The summed E-state index contributed by atoms with van der Waals surface area (Å²) in [7, 11) is 1.34. The zero-order chi connectivity index (χ0) is 11.3. The molecule has 0 saturated carbocycles. The van der Waals surface area contributed by atoms with Gasteiger partial charge in [-0.15, -0.1) is 0 Å². The van der Waals surface area contributed by atoms with E-state index in [4.69, 9.17) is 5.73 Å². The Hall–Kier alpha value is -1.42. The normalized spacial score (nSPS) is 10.5. The minimum atomic E-state index is -0.388. The molecule has 0 heterocycles. The van der Waals surface area contributed by atoms with Crippen molar-refractivity contribution in [3.05, 3.63) is 35.4 Å². The molecule has 0 bridgehead atoms. The van der Waals surface area contributed by atoms with Gasteiger partial charge in [-0.3, -0.25) is 0 Å². The van der Waals surface area contributed by atoms with Crippen LogP contribution in [-0.2, 0) is 4.74 Å². The summed E-state index contributed by atoms with van der Waals surface area (Å²) in [5.41, 5.74) is 7.39. The fourth-order valence-electron chi connectivity index (χ4n) is 1.19. The largest absolute Gasteiger partial charge is 0.465 e. The van der Waals surface area contributed by atoms with E-state index in [1.54, 1.807) is 18.2 Å². The first-order valence-electron chi connectivity index (χ1n) is 4.44. The first kappa shape index (κ1) is 11.7. The Balaban J connectivity index is 3.14. The lowest BCUT2D eigenvalue weighted by atomic mass is 10.1. The Morgan fingerprint density at radius 1 is 1.60 bits per heavy atom. The van der Waals surface area contributed by atoms with Crippen molar-refractivity contribution in [1.82, 2.24) is 0 Å². The molecule has 4 heteroatoms. The Labute approximate surface area is 94.3 Å². The lowest BCUT2D eigenvalue weighted by Gasteiger charge is -2.04. The van der Waals surface area contributed by atoms with Crippen LogP contribution in [0.3, 0.4) is 0 Å². The van der Waals surface area contributed by atoms with Crippen LogP contribution >= 0.6 is 12.6 Å². The average Bonchev–Trinajstić information content (AvgIpc) is 2.26. The van der Waals surface area contributed by atoms with Crippen LogP contribution in [0.2, 0.25) is 0 Å². The zero-order valence-electron chi connectivity index (χ0n) is 8.43. The van der Waals surface area contributed by atoms with E-state index in [-0.39, 0.29) is 5.97 Å². The Morgan fingerprint density at radius 2 is 2.33 bits per heavy atom. The fourth-order valence-corrected chi connectivity index (χ4v) is 1.29. The minimum absolute atomic E-state index is 0.388. The molecule has 1 rings (SSSR count). The maximum atomic E-state index is 11.4. The van der Waals surface area contributed by atoms with Crippen LogP contribution in [0.4, 0.5) is 5.69 Å². The Kier molecular flexibility index (Phi) is 4.24. The van der Waals surface area contributed by atoms with Gasteiger partial charge in [0.05, 0.1) is 12.7 Å². The number of benzene rings is 1. The summed E-state index contributed by atoms with van der Waals surface area (Å²) in [5, 5.41) is 0. The van der Waals surface area contributed by atoms with Crippen molar-refractivity contribution in [2.24, 2.45) is 0 Å². The molecule has 1 aromatic carbocycles. The van der Waals surface area contributed by atoms with E-state index in [9.17, 15) is 4.79 Å². The van der Waals surface area contributed by atoms with E-state index in [1.165, 1.54) is 7.11 Å². The number of hydrogen-bond donors (Lipinski definition) is 2. The monoisotopic (exact) mass is 223 g/mol. The van der Waals surface area contributed by atoms with E-state index in [0.29, 0.717) is 17.0 Å². The maximum absolute atomic E-state index is 11.4. The third-order valence-corrected chi connectivity index (χ3v) is 2.10. The van der Waals surface area contributed by atoms with Crippen molar-refractivity contribution in [3.63, 3.8) is 0 Å². The number of thiol groups is 1. The maximum Gasteiger partial charge on any atom is 0.338 e. The highest BCUT2D eigenvalue weighted by Crippen LogP contribution is 2.16. The third-order valence-electron chi connectivity index (χ3n) is 1.89. The number of methoxy groups -OCH3 is 1. The number of nitrogens with two attached hydrogens (primary N) is 1. The van der Waals surface area contributed by atoms with Crippen molar-refractivity contribution >= 4 is 30.4 Å². The average molecular weight is 223 g/mol. The summed E-state index contributed by atoms with van der Waals surface area (Å²) >= 11 is 4.05. The zero-order valence-corrected chi connectivity index (χ0v) is 9.33. The van der Waals surface area contributed by atoms with E-state index < -0.39 is 0 Å². The van der Waals surface area contributed by atoms with Gasteiger partial charge in [-0.1, -0.05) is 18.2 Å². The molecule has 0 unspecified atom stereocenters. The summed E-state index contributed by atoms with van der Waals surface area (Å²) in [5.74, 6) is 0.228. The molecular weight excluding hydrogens is 210 g/mol. The van der Waals surface area contributed by atoms with E-state index in [2.05, 4.69) is 17.4 Å². The smallest absolute Gasteiger partial charge is 0.338 e. The van der Waals surface area contributed by atoms with Crippen molar-refractivity contribution in [2.45, 2.75) is 0 Å². The molecule has 0 radical (unpaired) electrons. The van der Waals surface area contributed by atoms with Gasteiger partial charge < -0.3 is 10.5 Å². The molecule has 0 fully saturated rings. The number of rotatable bonds is 3. The topological polar surface area (TPSA) is 52.3 Å². The first-order chi connectivity index (χ1) is 7.19. The summed E-state index contributed by atoms with van der Waals surface area (Å²) < 4.78 is 4.66. The number of esters is 1. The molecule has 0 saturated heterocycles. The van der Waals surface area contributed by atoms with Gasteiger partial charge in [-0.25, -0.2) is 4.79 Å². The minimum Gasteiger partial charge on any atom is -0.465 e. The lowest BCUT2D eigenvalue weighted by molar-refractivity contribution is 0.0600. The molecule has 0 aliphatic heterocycles. The molecular formula is C11H13NO2S. The molecule has 0 aliphatic carbocycles. The van der Waals surface area contributed by atoms with Gasteiger partial charge in [0.1, 0.15) is 0 Å². The highest BCUT2D eigenvalue weighted by Gasteiger charge is 2.09. The van der Waals surface area contributed by atoms with Crippen molar-refractivity contribution in [1.29, 1.82) is 0 Å². The van der Waals surface area contributed by atoms with Gasteiger partial charge in [0.25, 0.3) is 0 Å². The highest BCUT2D eigenvalue weighted by atomic mass is 32.1. The number of carbonyl (C=O) groups excluding carboxylic acids is 1. The Morgan fingerprint density at radius 3 is 2.93 bits per heavy atom. The van der Waals surface area contributed by atoms with Crippen molar-refractivity contribution in [2.75, 3.05) is 18.6 Å². The predicted molar refractivity (Wildman–Crippen MR) is 65.1 cm³/mol. The molecule has 1 aromatic rings. The van der Waals surface area contributed by atoms with Gasteiger partial charge in [0.15, 0.2) is 0 Å². The number of ether oxygens (including phenoxy) is 1. The second-order valence-corrected chi connectivity index (χ2v) is 3.29. The van der Waals surface area contributed by atoms with Gasteiger partial charge in [-0.2, -0.15) is 12.6 Å². The van der Waals surface area contributed by atoms with Crippen LogP contribution in [0.5, 0.6) is 0 Å². The number of carbonyl (C=O) groups is 1. The van der Waals surface area contributed by atoms with Crippen LogP contribution in [0, 0.1) is 0 Å². The molecule has 0 spiro atoms. The van der Waals surface area contributed by atoms with Crippen molar-refractivity contribution < 1.29 is 9.53 Å². The lowest BCUT2D eigenvalue weighted by Crippen LogP contribution is -2.04. The molecule has 80 valence electrons. The second-order valence-electron chi connectivity index (χ2n) is 2.92. The molecule has 15 heavy (non-hydrogen) atoms. The van der Waals surface area contributed by atoms with Crippen LogP contribution in [0.15, 0.2) is 24.3 Å². The van der Waals surface area contributed by atoms with E-state index >= 15 is 0 Å². The molecule has 0 aromatic heterocycles. The van der Waals surface area contributed by atoms with Crippen molar-refractivity contribution in [3.8, 4) is 0 Å². The summed E-state index contributed by atoms with van der Waals surface area (Å²) in [6, 6.07) is 5.12. The SMILES string of the molecule is COC(=O)c1cc(N)ccc1C=CCS. The standard InChI is InChI=1S/C11H13NO2S/c1-14-11(13)10-7-9(12)5-4-8(10)3-2-6-15/h2-5,7,15H,6,12H2,1H3. The van der Waals surface area contributed by atoms with Crippen LogP contribution in [0.1, 0.15) is 15.9 Å². The molecule has 0 amide bonds. The molecule has 3 nitrogen and oxygen atoms in total. The third kappa shape index (κ3) is 3.02. The van der Waals surface area contributed by atoms with Crippen LogP contribution in [0.25, 0.3) is 6.08 Å². The molecule has 0 aliphatic rings. The molecule has 2 N–H and O–H groups in total. The number of hydrogen-bond acceptors (Lipinski definition) is 4. The van der Waals surface area contributed by atoms with E-state index in [1.807, 2.05) is 12.2 Å². The van der Waals surface area contributed by atoms with Gasteiger partial charge in [-0.05, 0) is 17.7 Å². The second kappa shape index (κ2) is 5.46. The Bertz CT molecular complexity index is 388. The van der Waals surface area contributed by atoms with E-state index in [0.717, 1.165) is 5.56 Å². The molecule has 0 atom stereocenters. The first-order valence-corrected chi connectivity index (χ1v) is 5.07. The quantitative estimate of drug-likeness (QED) is 0.468. The van der Waals surface area contributed by atoms with Gasteiger partial charge in [0.2, 0.25) is 0 Å². The number of anilines is 1. The van der Waals surface area contributed by atoms with Gasteiger partial charge in [0, 0.05) is 11.4 Å². The van der Waals surface area contributed by atoms with Gasteiger partial charge >= 0.3 is 5.97 Å². The fraction of sp³-hybridized carbons (Fsp3) is 0.182. The summed E-state index contributed by atoms with van der Waals surface area (Å²) in [6.07, 6.45) is 3.67. The summed E-state index contributed by atoms with van der Waals surface area (Å²) in [4.78, 5) is 11.4. The van der Waals surface area contributed by atoms with Crippen LogP contribution < -0.4 is 5.73 Å². The highest BCUT2D eigenvalue weighted by molar-refractivity contribution is 7.80. The number of nitrogen functional groups attached to an aromatic ring is 1. The van der Waals surface area contributed by atoms with Crippen LogP contribution in [-0.4, -0.2) is 18.8 Å². The predicted octanol–water partition coefficient (Wildman–Crippen LogP) is 2.00.